The van der Waals surface area contributed by atoms with Gasteiger partial charge in [-0.05, 0) is 48.6 Å². The van der Waals surface area contributed by atoms with Crippen molar-refractivity contribution >= 4 is 33.3 Å². The molecule has 0 saturated heterocycles. The molecule has 2 aliphatic carbocycles. The number of sulfone groups is 1. The molecule has 3 aromatic rings. The molecule has 2 bridgehead atoms. The summed E-state index contributed by atoms with van der Waals surface area (Å²) in [7, 11) is -4.41. The molecule has 1 saturated carbocycles. The van der Waals surface area contributed by atoms with Crippen LogP contribution >= 0.6 is 0 Å². The van der Waals surface area contributed by atoms with Gasteiger partial charge in [0.25, 0.3) is 15.7 Å². The van der Waals surface area contributed by atoms with Crippen molar-refractivity contribution in [2.24, 2.45) is 17.8 Å². The van der Waals surface area contributed by atoms with Gasteiger partial charge < -0.3 is 20.5 Å². The first-order chi connectivity index (χ1) is 20.7. The highest BCUT2D eigenvalue weighted by Crippen LogP contribution is 2.45. The number of carbonyl (C=O) groups is 3. The van der Waals surface area contributed by atoms with Crippen LogP contribution in [-0.2, 0) is 14.6 Å². The number of anilines is 1. The molecule has 1 aromatic heterocycles. The van der Waals surface area contributed by atoms with Crippen molar-refractivity contribution < 1.29 is 50.2 Å². The molecule has 5 rings (SSSR count). The van der Waals surface area contributed by atoms with Crippen LogP contribution in [0.1, 0.15) is 27.3 Å². The summed E-state index contributed by atoms with van der Waals surface area (Å²) in [5, 5.41) is 14.4. The quantitative estimate of drug-likeness (QED) is 0.243. The Morgan fingerprint density at radius 2 is 1.77 bits per heavy atom. The first-order valence-corrected chi connectivity index (χ1v) is 14.5. The second-order valence-electron chi connectivity index (χ2n) is 10.2. The van der Waals surface area contributed by atoms with Gasteiger partial charge in [0.15, 0.2) is 0 Å². The Balaban J connectivity index is 1.40. The van der Waals surface area contributed by atoms with E-state index < -0.39 is 55.8 Å². The van der Waals surface area contributed by atoms with E-state index in [0.717, 1.165) is 24.4 Å². The van der Waals surface area contributed by atoms with Crippen molar-refractivity contribution in [3.05, 3.63) is 84.0 Å². The van der Waals surface area contributed by atoms with Gasteiger partial charge in [-0.2, -0.15) is 13.2 Å². The molecule has 0 aliphatic heterocycles. The molecule has 3 N–H and O–H groups in total. The summed E-state index contributed by atoms with van der Waals surface area (Å²) in [5.41, 5.74) is -5.91. The number of aromatic carboxylic acids is 1. The molecule has 230 valence electrons. The van der Waals surface area contributed by atoms with Crippen LogP contribution in [0.25, 0.3) is 11.1 Å². The fourth-order valence-corrected chi connectivity index (χ4v) is 6.32. The SMILES string of the molecule is COc1cc(F)c(-c2ccc(C(=O)O)nc2)cc1C(=O)NC1C2C=CC(C2)C1C(=O)Nc1cccc(S(=O)(=O)C(F)(F)F)c1. The highest BCUT2D eigenvalue weighted by Gasteiger charge is 2.49. The molecule has 44 heavy (non-hydrogen) atoms. The number of aromatic nitrogens is 1. The molecular formula is C29H23F4N3O7S. The molecule has 15 heteroatoms. The number of amides is 2. The predicted octanol–water partition coefficient (Wildman–Crippen LogP) is 4.45. The zero-order valence-electron chi connectivity index (χ0n) is 22.6. The van der Waals surface area contributed by atoms with Crippen molar-refractivity contribution in [1.82, 2.24) is 10.3 Å². The van der Waals surface area contributed by atoms with E-state index in [4.69, 9.17) is 9.84 Å². The average Bonchev–Trinajstić information content (AvgIpc) is 3.58. The summed E-state index contributed by atoms with van der Waals surface area (Å²) in [6.07, 6.45) is 5.27. The highest BCUT2D eigenvalue weighted by molar-refractivity contribution is 7.92. The van der Waals surface area contributed by atoms with Gasteiger partial charge in [-0.1, -0.05) is 24.3 Å². The number of carboxylic acids is 1. The topological polar surface area (TPSA) is 152 Å². The third-order valence-corrected chi connectivity index (χ3v) is 9.09. The third kappa shape index (κ3) is 5.62. The van der Waals surface area contributed by atoms with Crippen molar-refractivity contribution in [3.63, 3.8) is 0 Å². The molecule has 1 fully saturated rings. The van der Waals surface area contributed by atoms with E-state index in [-0.39, 0.29) is 45.7 Å². The van der Waals surface area contributed by atoms with E-state index in [2.05, 4.69) is 15.6 Å². The van der Waals surface area contributed by atoms with Gasteiger partial charge in [0.05, 0.1) is 23.5 Å². The number of benzene rings is 2. The fraction of sp³-hybridized carbons (Fsp3) is 0.241. The minimum Gasteiger partial charge on any atom is -0.496 e. The van der Waals surface area contributed by atoms with Crippen LogP contribution < -0.4 is 15.4 Å². The number of nitrogens with one attached hydrogen (secondary N) is 2. The Hall–Kier alpha value is -4.79. The standard InChI is InChI=1S/C29H23F4N3O7S/c1-43-23-12-21(30)19(16-7-8-22(28(39)40)34-13-16)11-20(23)26(37)36-25-15-6-5-14(9-15)24(25)27(38)35-17-3-2-4-18(10-17)44(41,42)29(31,32)33/h2-8,10-15,24-25H,9H2,1H3,(H,35,38)(H,36,37)(H,39,40). The number of ether oxygens (including phenoxy) is 1. The van der Waals surface area contributed by atoms with Crippen molar-refractivity contribution in [2.75, 3.05) is 12.4 Å². The smallest absolute Gasteiger partial charge is 0.496 e. The molecular weight excluding hydrogens is 610 g/mol. The summed E-state index contributed by atoms with van der Waals surface area (Å²) in [6, 6.07) is 7.73. The Morgan fingerprint density at radius 1 is 1.05 bits per heavy atom. The van der Waals surface area contributed by atoms with E-state index in [9.17, 15) is 40.4 Å². The molecule has 4 atom stereocenters. The first kappa shape index (κ1) is 30.7. The molecule has 4 unspecified atom stereocenters. The number of allylic oxidation sites excluding steroid dienone is 1. The number of fused-ring (bicyclic) bond motifs is 2. The largest absolute Gasteiger partial charge is 0.501 e. The number of halogens is 4. The van der Waals surface area contributed by atoms with Gasteiger partial charge in [0, 0.05) is 35.1 Å². The van der Waals surface area contributed by atoms with Gasteiger partial charge in [-0.3, -0.25) is 9.59 Å². The Bertz CT molecular complexity index is 1790. The Labute approximate surface area is 247 Å². The molecule has 2 aliphatic rings. The number of rotatable bonds is 8. The second-order valence-corrected chi connectivity index (χ2v) is 12.2. The van der Waals surface area contributed by atoms with E-state index in [1.165, 1.54) is 31.4 Å². The lowest BCUT2D eigenvalue weighted by molar-refractivity contribution is -0.121. The van der Waals surface area contributed by atoms with Crippen molar-refractivity contribution in [1.29, 1.82) is 0 Å². The number of carboxylic acid groups (broad SMARTS) is 1. The van der Waals surface area contributed by atoms with E-state index in [1.807, 2.05) is 6.08 Å². The lowest BCUT2D eigenvalue weighted by Gasteiger charge is -2.28. The number of hydrogen-bond donors (Lipinski definition) is 3. The van der Waals surface area contributed by atoms with E-state index >= 15 is 0 Å². The lowest BCUT2D eigenvalue weighted by atomic mass is 9.87. The number of methoxy groups -OCH3 is 1. The lowest BCUT2D eigenvalue weighted by Crippen LogP contribution is -2.47. The monoisotopic (exact) mass is 633 g/mol. The summed E-state index contributed by atoms with van der Waals surface area (Å²) in [4.78, 5) is 40.8. The molecule has 10 nitrogen and oxygen atoms in total. The molecule has 0 spiro atoms. The number of hydrogen-bond acceptors (Lipinski definition) is 7. The number of carbonyl (C=O) groups excluding carboxylic acids is 2. The van der Waals surface area contributed by atoms with Crippen LogP contribution in [0, 0.1) is 23.6 Å². The zero-order chi connectivity index (χ0) is 32.0. The van der Waals surface area contributed by atoms with Crippen LogP contribution in [0.2, 0.25) is 0 Å². The van der Waals surface area contributed by atoms with E-state index in [1.54, 1.807) is 6.08 Å². The molecule has 2 amide bonds. The number of nitrogens with zero attached hydrogens (tertiary/aromatic N) is 1. The minimum absolute atomic E-state index is 0.0591. The molecule has 0 radical (unpaired) electrons. The van der Waals surface area contributed by atoms with Crippen LogP contribution in [0.4, 0.5) is 23.2 Å². The maximum absolute atomic E-state index is 15.0. The molecule has 2 aromatic carbocycles. The highest BCUT2D eigenvalue weighted by atomic mass is 32.2. The Morgan fingerprint density at radius 3 is 2.41 bits per heavy atom. The van der Waals surface area contributed by atoms with Gasteiger partial charge in [0.2, 0.25) is 5.91 Å². The fourth-order valence-electron chi connectivity index (χ4n) is 5.51. The van der Waals surface area contributed by atoms with Gasteiger partial charge in [-0.25, -0.2) is 22.6 Å². The van der Waals surface area contributed by atoms with E-state index in [0.29, 0.717) is 12.5 Å². The van der Waals surface area contributed by atoms with Crippen LogP contribution in [0.15, 0.2) is 71.8 Å². The number of alkyl halides is 3. The second kappa shape index (κ2) is 11.4. The average molecular weight is 634 g/mol. The van der Waals surface area contributed by atoms with Crippen LogP contribution in [0.5, 0.6) is 5.75 Å². The van der Waals surface area contributed by atoms with Gasteiger partial charge in [0.1, 0.15) is 17.3 Å². The summed E-state index contributed by atoms with van der Waals surface area (Å²) >= 11 is 0. The van der Waals surface area contributed by atoms with Gasteiger partial charge >= 0.3 is 11.5 Å². The predicted molar refractivity (Wildman–Crippen MR) is 147 cm³/mol. The maximum Gasteiger partial charge on any atom is 0.501 e. The van der Waals surface area contributed by atoms with Crippen LogP contribution in [-0.4, -0.2) is 55.0 Å². The van der Waals surface area contributed by atoms with Gasteiger partial charge in [-0.15, -0.1) is 0 Å². The van der Waals surface area contributed by atoms with Crippen molar-refractivity contribution in [3.8, 4) is 16.9 Å². The van der Waals surface area contributed by atoms with Crippen molar-refractivity contribution in [2.45, 2.75) is 22.9 Å². The first-order valence-electron chi connectivity index (χ1n) is 13.0. The zero-order valence-corrected chi connectivity index (χ0v) is 23.4. The van der Waals surface area contributed by atoms with Crippen LogP contribution in [0.3, 0.4) is 0 Å². The summed E-state index contributed by atoms with van der Waals surface area (Å²) in [5.74, 6) is -4.96. The summed E-state index contributed by atoms with van der Waals surface area (Å²) in [6.45, 7) is 0. The third-order valence-electron chi connectivity index (χ3n) is 7.60. The molecule has 1 heterocycles. The number of pyridine rings is 1. The normalized spacial score (nSPS) is 20.8. The Kier molecular flexibility index (Phi) is 7.92. The minimum atomic E-state index is -5.65. The summed E-state index contributed by atoms with van der Waals surface area (Å²) < 4.78 is 83.0. The maximum atomic E-state index is 15.0.